The molecular formula is C34H32O4. The first kappa shape index (κ1) is 26.4. The van der Waals surface area contributed by atoms with Crippen molar-refractivity contribution >= 4 is 12.2 Å². The van der Waals surface area contributed by atoms with Crippen molar-refractivity contribution < 1.29 is 18.9 Å². The summed E-state index contributed by atoms with van der Waals surface area (Å²) >= 11 is 0. The lowest BCUT2D eigenvalue weighted by Gasteiger charge is -2.08. The fraction of sp³-hybridized carbons (Fsp3) is 0.118. The van der Waals surface area contributed by atoms with Gasteiger partial charge < -0.3 is 18.9 Å². The molecule has 0 saturated carbocycles. The van der Waals surface area contributed by atoms with Crippen LogP contribution in [0, 0.1) is 0 Å². The van der Waals surface area contributed by atoms with E-state index in [9.17, 15) is 0 Å². The third-order valence-corrected chi connectivity index (χ3v) is 5.53. The number of benzene rings is 4. The zero-order valence-electron chi connectivity index (χ0n) is 21.4. The van der Waals surface area contributed by atoms with E-state index in [2.05, 4.69) is 25.3 Å². The predicted octanol–water partition coefficient (Wildman–Crippen LogP) is 9.35. The van der Waals surface area contributed by atoms with Crippen LogP contribution in [0.4, 0.5) is 0 Å². The van der Waals surface area contributed by atoms with Crippen LogP contribution in [-0.2, 0) is 0 Å². The Labute approximate surface area is 225 Å². The first-order valence-electron chi connectivity index (χ1n) is 12.6. The van der Waals surface area contributed by atoms with Crippen LogP contribution in [0.5, 0.6) is 34.5 Å². The van der Waals surface area contributed by atoms with E-state index < -0.39 is 0 Å². The van der Waals surface area contributed by atoms with Crippen molar-refractivity contribution in [2.45, 2.75) is 12.8 Å². The Bertz CT molecular complexity index is 1200. The van der Waals surface area contributed by atoms with Crippen LogP contribution in [0.25, 0.3) is 12.2 Å². The smallest absolute Gasteiger partial charge is 0.127 e. The second kappa shape index (κ2) is 14.1. The highest BCUT2D eigenvalue weighted by molar-refractivity contribution is 5.70. The van der Waals surface area contributed by atoms with Crippen molar-refractivity contribution in [1.82, 2.24) is 0 Å². The summed E-state index contributed by atoms with van der Waals surface area (Å²) in [6, 6.07) is 31.2. The Morgan fingerprint density at radius 3 is 1.03 bits per heavy atom. The molecular weight excluding hydrogens is 472 g/mol. The molecule has 38 heavy (non-hydrogen) atoms. The van der Waals surface area contributed by atoms with Crippen molar-refractivity contribution in [2.75, 3.05) is 13.2 Å². The summed E-state index contributed by atoms with van der Waals surface area (Å²) in [4.78, 5) is 0. The molecule has 4 aromatic rings. The van der Waals surface area contributed by atoms with E-state index in [1.165, 1.54) is 0 Å². The fourth-order valence-electron chi connectivity index (χ4n) is 3.49. The quantitative estimate of drug-likeness (QED) is 0.0974. The molecule has 0 aliphatic heterocycles. The lowest BCUT2D eigenvalue weighted by atomic mass is 10.1. The van der Waals surface area contributed by atoms with Gasteiger partial charge in [-0.1, -0.05) is 48.6 Å². The van der Waals surface area contributed by atoms with Crippen LogP contribution in [0.2, 0.25) is 0 Å². The molecule has 0 amide bonds. The van der Waals surface area contributed by atoms with E-state index in [-0.39, 0.29) is 0 Å². The van der Waals surface area contributed by atoms with Gasteiger partial charge in [-0.25, -0.2) is 0 Å². The molecule has 0 heterocycles. The normalized spacial score (nSPS) is 10.6. The van der Waals surface area contributed by atoms with E-state index in [0.717, 1.165) is 58.5 Å². The summed E-state index contributed by atoms with van der Waals surface area (Å²) in [5.74, 6) is 4.72. The molecule has 0 fully saturated rings. The summed E-state index contributed by atoms with van der Waals surface area (Å²) in [6.07, 6.45) is 9.46. The molecule has 0 radical (unpaired) electrons. The molecule has 0 N–H and O–H groups in total. The molecule has 0 aromatic heterocycles. The monoisotopic (exact) mass is 504 g/mol. The number of hydrogen-bond donors (Lipinski definition) is 0. The van der Waals surface area contributed by atoms with Crippen LogP contribution in [0.15, 0.2) is 122 Å². The highest BCUT2D eigenvalue weighted by atomic mass is 16.5. The number of ether oxygens (including phenoxy) is 4. The average Bonchev–Trinajstić information content (AvgIpc) is 2.96. The molecule has 4 nitrogen and oxygen atoms in total. The van der Waals surface area contributed by atoms with E-state index in [0.29, 0.717) is 13.2 Å². The van der Waals surface area contributed by atoms with Crippen molar-refractivity contribution in [2.24, 2.45) is 0 Å². The maximum atomic E-state index is 5.95. The van der Waals surface area contributed by atoms with Crippen LogP contribution in [0.1, 0.15) is 24.0 Å². The highest BCUT2D eigenvalue weighted by Gasteiger charge is 2.01. The van der Waals surface area contributed by atoms with Crippen molar-refractivity contribution in [1.29, 1.82) is 0 Å². The summed E-state index contributed by atoms with van der Waals surface area (Å²) in [5, 5.41) is 0. The largest absolute Gasteiger partial charge is 0.493 e. The Morgan fingerprint density at radius 2 is 0.711 bits per heavy atom. The summed E-state index contributed by atoms with van der Waals surface area (Å²) < 4.78 is 23.2. The maximum Gasteiger partial charge on any atom is 0.127 e. The Kier molecular flexibility index (Phi) is 9.81. The molecule has 4 rings (SSSR count). The molecule has 0 aliphatic carbocycles. The minimum absolute atomic E-state index is 0.623. The molecule has 4 heteroatoms. The number of hydrogen-bond acceptors (Lipinski definition) is 4. The van der Waals surface area contributed by atoms with Gasteiger partial charge >= 0.3 is 0 Å². The van der Waals surface area contributed by atoms with Gasteiger partial charge in [0.2, 0.25) is 0 Å². The summed E-state index contributed by atoms with van der Waals surface area (Å²) in [5.41, 5.74) is 2.16. The highest BCUT2D eigenvalue weighted by Crippen LogP contribution is 2.26. The Hall–Kier alpha value is -4.70. The zero-order valence-corrected chi connectivity index (χ0v) is 21.4. The second-order valence-corrected chi connectivity index (χ2v) is 8.47. The van der Waals surface area contributed by atoms with E-state index >= 15 is 0 Å². The van der Waals surface area contributed by atoms with Gasteiger partial charge in [0.05, 0.1) is 13.2 Å². The van der Waals surface area contributed by atoms with Crippen molar-refractivity contribution in [3.05, 3.63) is 133 Å². The van der Waals surface area contributed by atoms with Gasteiger partial charge in [0, 0.05) is 0 Å². The predicted molar refractivity (Wildman–Crippen MR) is 155 cm³/mol. The number of rotatable bonds is 14. The van der Waals surface area contributed by atoms with Gasteiger partial charge in [-0.3, -0.25) is 0 Å². The van der Waals surface area contributed by atoms with Gasteiger partial charge in [0.1, 0.15) is 34.5 Å². The van der Waals surface area contributed by atoms with Gasteiger partial charge in [0.15, 0.2) is 0 Å². The lowest BCUT2D eigenvalue weighted by Crippen LogP contribution is -1.95. The van der Waals surface area contributed by atoms with Crippen molar-refractivity contribution in [3.63, 3.8) is 0 Å². The van der Waals surface area contributed by atoms with Crippen LogP contribution >= 0.6 is 0 Å². The Balaban J connectivity index is 1.26. The first-order chi connectivity index (χ1) is 18.7. The topological polar surface area (TPSA) is 36.9 Å². The van der Waals surface area contributed by atoms with Gasteiger partial charge in [-0.2, -0.15) is 0 Å². The summed E-state index contributed by atoms with van der Waals surface area (Å²) in [6.45, 7) is 8.64. The fourth-order valence-corrected chi connectivity index (χ4v) is 3.49. The van der Waals surface area contributed by atoms with E-state index in [4.69, 9.17) is 18.9 Å². The van der Waals surface area contributed by atoms with E-state index in [1.807, 2.05) is 109 Å². The third kappa shape index (κ3) is 8.45. The molecule has 0 atom stereocenters. The van der Waals surface area contributed by atoms with Crippen molar-refractivity contribution in [3.8, 4) is 34.5 Å². The molecule has 0 spiro atoms. The van der Waals surface area contributed by atoms with Crippen LogP contribution in [-0.4, -0.2) is 13.2 Å². The van der Waals surface area contributed by atoms with Gasteiger partial charge in [0.25, 0.3) is 0 Å². The van der Waals surface area contributed by atoms with Gasteiger partial charge in [-0.05, 0) is 96.8 Å². The molecule has 4 aromatic carbocycles. The molecule has 192 valence electrons. The van der Waals surface area contributed by atoms with E-state index in [1.54, 1.807) is 0 Å². The van der Waals surface area contributed by atoms with Gasteiger partial charge in [-0.15, -0.1) is 13.2 Å². The minimum Gasteiger partial charge on any atom is -0.493 e. The third-order valence-electron chi connectivity index (χ3n) is 5.53. The standard InChI is InChI=1S/C34H32O4/c1-3-5-25-35-29-17-21-33(22-18-29)37-31-13-9-27(10-14-31)7-8-28-11-15-32(16-12-28)38-34-23-19-30(20-24-34)36-26-6-4-2/h3-4,7-24H,1-2,5-6,25-26H2/b8-7+. The second-order valence-electron chi connectivity index (χ2n) is 8.47. The van der Waals surface area contributed by atoms with Crippen LogP contribution < -0.4 is 18.9 Å². The maximum absolute atomic E-state index is 5.95. The summed E-state index contributed by atoms with van der Waals surface area (Å²) in [7, 11) is 0. The average molecular weight is 505 g/mol. The van der Waals surface area contributed by atoms with Crippen LogP contribution in [0.3, 0.4) is 0 Å². The lowest BCUT2D eigenvalue weighted by molar-refractivity contribution is 0.324. The Morgan fingerprint density at radius 1 is 0.421 bits per heavy atom. The zero-order chi connectivity index (χ0) is 26.4. The minimum atomic E-state index is 0.623. The first-order valence-corrected chi connectivity index (χ1v) is 12.6. The molecule has 0 unspecified atom stereocenters. The molecule has 0 bridgehead atoms. The molecule has 0 aliphatic rings. The molecule has 0 saturated heterocycles. The SMILES string of the molecule is C=CCCOc1ccc(Oc2ccc(/C=C/c3ccc(Oc4ccc(OCCC=C)cc4)cc3)cc2)cc1.